The fourth-order valence-corrected chi connectivity index (χ4v) is 1.42. The fraction of sp³-hybridized carbons (Fsp3) is 0.357. The second-order valence-electron chi connectivity index (χ2n) is 5.01. The molecule has 0 aromatic heterocycles. The molecule has 106 valence electrons. The first kappa shape index (κ1) is 15.5. The van der Waals surface area contributed by atoms with Gasteiger partial charge in [-0.15, -0.1) is 0 Å². The quantitative estimate of drug-likeness (QED) is 0.828. The smallest absolute Gasteiger partial charge is 0.412 e. The molecule has 2 amide bonds. The molecule has 2 N–H and O–H groups in total. The normalized spacial score (nSPS) is 10.3. The number of nitriles is 1. The summed E-state index contributed by atoms with van der Waals surface area (Å²) >= 11 is 0. The summed E-state index contributed by atoms with van der Waals surface area (Å²) in [5.74, 6) is -0.432. The average Bonchev–Trinajstić information content (AvgIpc) is 2.34. The van der Waals surface area contributed by atoms with Gasteiger partial charge >= 0.3 is 6.09 Å². The predicted octanol–water partition coefficient (Wildman–Crippen LogP) is 2.29. The molecule has 0 spiro atoms. The summed E-state index contributed by atoms with van der Waals surface area (Å²) < 4.78 is 5.12. The van der Waals surface area contributed by atoms with E-state index in [0.29, 0.717) is 5.69 Å². The van der Waals surface area contributed by atoms with Crippen LogP contribution in [0.2, 0.25) is 0 Å². The summed E-state index contributed by atoms with van der Waals surface area (Å²) in [7, 11) is 0. The molecule has 0 aliphatic heterocycles. The van der Waals surface area contributed by atoms with Gasteiger partial charge in [0.15, 0.2) is 0 Å². The average molecular weight is 275 g/mol. The Kier molecular flexibility index (Phi) is 5.09. The first-order chi connectivity index (χ1) is 9.33. The summed E-state index contributed by atoms with van der Waals surface area (Å²) in [6, 6.07) is 8.32. The Morgan fingerprint density at radius 1 is 1.30 bits per heavy atom. The van der Waals surface area contributed by atoms with E-state index < -0.39 is 17.6 Å². The van der Waals surface area contributed by atoms with Crippen LogP contribution in [0.5, 0.6) is 0 Å². The van der Waals surface area contributed by atoms with Crippen LogP contribution in [0.3, 0.4) is 0 Å². The van der Waals surface area contributed by atoms with Crippen LogP contribution in [0.1, 0.15) is 31.1 Å². The highest BCUT2D eigenvalue weighted by atomic mass is 16.6. The molecule has 0 fully saturated rings. The number of carbonyl (C=O) groups is 2. The number of hydrogen-bond donors (Lipinski definition) is 2. The van der Waals surface area contributed by atoms with Crippen molar-refractivity contribution in [3.8, 4) is 6.07 Å². The molecule has 1 aromatic rings. The molecule has 6 nitrogen and oxygen atoms in total. The number of nitrogens with zero attached hydrogens (tertiary/aromatic N) is 1. The van der Waals surface area contributed by atoms with E-state index in [1.165, 1.54) is 0 Å². The summed E-state index contributed by atoms with van der Waals surface area (Å²) in [5.41, 5.74) is -0.0203. The van der Waals surface area contributed by atoms with E-state index in [9.17, 15) is 9.59 Å². The zero-order valence-electron chi connectivity index (χ0n) is 11.7. The minimum atomic E-state index is -0.641. The lowest BCUT2D eigenvalue weighted by atomic mass is 10.1. The third-order valence-electron chi connectivity index (χ3n) is 2.14. The summed E-state index contributed by atoms with van der Waals surface area (Å²) in [6.07, 6.45) is -0.641. The summed E-state index contributed by atoms with van der Waals surface area (Å²) in [6.45, 7) is 5.15. The molecular formula is C14H17N3O3. The van der Waals surface area contributed by atoms with E-state index in [0.717, 1.165) is 0 Å². The Morgan fingerprint density at radius 3 is 2.55 bits per heavy atom. The van der Waals surface area contributed by atoms with Crippen LogP contribution in [0.25, 0.3) is 0 Å². The molecule has 20 heavy (non-hydrogen) atoms. The Balaban J connectivity index is 2.83. The molecule has 0 atom stereocenters. The Bertz CT molecular complexity index is 541. The highest BCUT2D eigenvalue weighted by molar-refractivity contribution is 6.02. The molecule has 0 heterocycles. The van der Waals surface area contributed by atoms with Crippen molar-refractivity contribution < 1.29 is 14.3 Å². The standard InChI is InChI=1S/C14H17N3O3/c1-14(2,3)20-13(19)17-11-7-5-4-6-10(11)12(18)16-9-8-15/h4-7H,9H2,1-3H3,(H,16,18)(H,17,19). The number of rotatable bonds is 3. The van der Waals surface area contributed by atoms with Gasteiger partial charge in [-0.25, -0.2) is 4.79 Å². The summed E-state index contributed by atoms with van der Waals surface area (Å²) in [4.78, 5) is 23.5. The van der Waals surface area contributed by atoms with Gasteiger partial charge in [0.05, 0.1) is 17.3 Å². The lowest BCUT2D eigenvalue weighted by molar-refractivity contribution is 0.0636. The van der Waals surface area contributed by atoms with Gasteiger partial charge in [-0.2, -0.15) is 5.26 Å². The first-order valence-corrected chi connectivity index (χ1v) is 6.07. The molecule has 6 heteroatoms. The van der Waals surface area contributed by atoms with Crippen molar-refractivity contribution in [3.05, 3.63) is 29.8 Å². The van der Waals surface area contributed by atoms with Crippen molar-refractivity contribution in [2.45, 2.75) is 26.4 Å². The molecule has 1 rings (SSSR count). The van der Waals surface area contributed by atoms with Crippen LogP contribution in [0, 0.1) is 11.3 Å². The van der Waals surface area contributed by atoms with Gasteiger partial charge < -0.3 is 10.1 Å². The fourth-order valence-electron chi connectivity index (χ4n) is 1.42. The lowest BCUT2D eigenvalue weighted by Crippen LogP contribution is -2.29. The van der Waals surface area contributed by atoms with E-state index in [2.05, 4.69) is 10.6 Å². The molecule has 0 unspecified atom stereocenters. The van der Waals surface area contributed by atoms with E-state index >= 15 is 0 Å². The van der Waals surface area contributed by atoms with Crippen molar-refractivity contribution in [2.24, 2.45) is 0 Å². The Hall–Kier alpha value is -2.55. The number of amides is 2. The van der Waals surface area contributed by atoms with Crippen LogP contribution in [0.15, 0.2) is 24.3 Å². The van der Waals surface area contributed by atoms with Crippen molar-refractivity contribution in [2.75, 3.05) is 11.9 Å². The van der Waals surface area contributed by atoms with Crippen LogP contribution >= 0.6 is 0 Å². The molecule has 0 aliphatic carbocycles. The third-order valence-corrected chi connectivity index (χ3v) is 2.14. The van der Waals surface area contributed by atoms with E-state index in [1.807, 2.05) is 6.07 Å². The Morgan fingerprint density at radius 2 is 1.95 bits per heavy atom. The van der Waals surface area contributed by atoms with Crippen molar-refractivity contribution in [1.82, 2.24) is 5.32 Å². The number of benzene rings is 1. The van der Waals surface area contributed by atoms with Crippen LogP contribution in [-0.4, -0.2) is 24.1 Å². The number of ether oxygens (including phenoxy) is 1. The predicted molar refractivity (Wildman–Crippen MR) is 74.2 cm³/mol. The van der Waals surface area contributed by atoms with Crippen molar-refractivity contribution in [3.63, 3.8) is 0 Å². The number of nitrogens with one attached hydrogen (secondary N) is 2. The zero-order valence-corrected chi connectivity index (χ0v) is 11.7. The third kappa shape index (κ3) is 4.98. The first-order valence-electron chi connectivity index (χ1n) is 6.07. The number of anilines is 1. The highest BCUT2D eigenvalue weighted by Crippen LogP contribution is 2.16. The van der Waals surface area contributed by atoms with Gasteiger partial charge in [0, 0.05) is 0 Å². The highest BCUT2D eigenvalue weighted by Gasteiger charge is 2.18. The lowest BCUT2D eigenvalue weighted by Gasteiger charge is -2.20. The van der Waals surface area contributed by atoms with E-state index in [4.69, 9.17) is 10.00 Å². The SMILES string of the molecule is CC(C)(C)OC(=O)Nc1ccccc1C(=O)NCC#N. The molecule has 1 aromatic carbocycles. The van der Waals surface area contributed by atoms with Gasteiger partial charge in [-0.1, -0.05) is 12.1 Å². The van der Waals surface area contributed by atoms with Gasteiger partial charge in [0.25, 0.3) is 5.91 Å². The largest absolute Gasteiger partial charge is 0.444 e. The maximum absolute atomic E-state index is 11.8. The Labute approximate surface area is 117 Å². The van der Waals surface area contributed by atoms with Gasteiger partial charge in [0.2, 0.25) is 0 Å². The second-order valence-corrected chi connectivity index (χ2v) is 5.01. The van der Waals surface area contributed by atoms with Crippen LogP contribution in [-0.2, 0) is 4.74 Å². The van der Waals surface area contributed by atoms with Crippen molar-refractivity contribution >= 4 is 17.7 Å². The number of carbonyl (C=O) groups excluding carboxylic acids is 2. The van der Waals surface area contributed by atoms with Crippen LogP contribution < -0.4 is 10.6 Å². The molecule has 0 aliphatic rings. The van der Waals surface area contributed by atoms with Crippen molar-refractivity contribution in [1.29, 1.82) is 5.26 Å². The second kappa shape index (κ2) is 6.57. The maximum Gasteiger partial charge on any atom is 0.412 e. The van der Waals surface area contributed by atoms with E-state index in [-0.39, 0.29) is 12.1 Å². The monoisotopic (exact) mass is 275 g/mol. The molecular weight excluding hydrogens is 258 g/mol. The topological polar surface area (TPSA) is 91.2 Å². The molecule has 0 bridgehead atoms. The zero-order chi connectivity index (χ0) is 15.2. The minimum Gasteiger partial charge on any atom is -0.444 e. The molecule has 0 radical (unpaired) electrons. The van der Waals surface area contributed by atoms with Crippen LogP contribution in [0.4, 0.5) is 10.5 Å². The summed E-state index contributed by atoms with van der Waals surface area (Å²) in [5, 5.41) is 13.4. The van der Waals surface area contributed by atoms with E-state index in [1.54, 1.807) is 45.0 Å². The maximum atomic E-state index is 11.8. The minimum absolute atomic E-state index is 0.0976. The van der Waals surface area contributed by atoms with Gasteiger partial charge in [0.1, 0.15) is 12.1 Å². The van der Waals surface area contributed by atoms with Gasteiger partial charge in [-0.3, -0.25) is 10.1 Å². The number of para-hydroxylation sites is 1. The molecule has 0 saturated heterocycles. The number of hydrogen-bond acceptors (Lipinski definition) is 4. The molecule has 0 saturated carbocycles. The van der Waals surface area contributed by atoms with Gasteiger partial charge in [-0.05, 0) is 32.9 Å².